The van der Waals surface area contributed by atoms with Gasteiger partial charge in [0.2, 0.25) is 0 Å². The van der Waals surface area contributed by atoms with E-state index in [0.29, 0.717) is 6.42 Å². The number of para-hydroxylation sites is 1. The third-order valence-electron chi connectivity index (χ3n) is 3.78. The standard InChI is InChI=1S/C17H22F4N2/c1-12(23(10-16(2,18)19)11-17(3,20)21)8-13-9-22-15-7-5-4-6-14(13)15/h4-7,9,12,22H,8,10-11H2,1-3H3. The molecule has 0 aliphatic rings. The molecular formula is C17H22F4N2. The van der Waals surface area contributed by atoms with Gasteiger partial charge in [-0.15, -0.1) is 0 Å². The number of hydrogen-bond acceptors (Lipinski definition) is 1. The average Bonchev–Trinajstić information content (AvgIpc) is 2.78. The van der Waals surface area contributed by atoms with Crippen LogP contribution >= 0.6 is 0 Å². The number of H-pyrrole nitrogens is 1. The summed E-state index contributed by atoms with van der Waals surface area (Å²) in [5.41, 5.74) is 1.89. The van der Waals surface area contributed by atoms with Crippen LogP contribution in [0.2, 0.25) is 0 Å². The van der Waals surface area contributed by atoms with Gasteiger partial charge >= 0.3 is 0 Å². The molecule has 23 heavy (non-hydrogen) atoms. The SMILES string of the molecule is CC(Cc1c[nH]c2ccccc12)N(CC(C)(F)F)CC(C)(F)F. The Hall–Kier alpha value is -1.56. The molecule has 0 fully saturated rings. The fourth-order valence-electron chi connectivity index (χ4n) is 2.83. The molecule has 2 nitrogen and oxygen atoms in total. The van der Waals surface area contributed by atoms with Crippen molar-refractivity contribution in [3.05, 3.63) is 36.0 Å². The van der Waals surface area contributed by atoms with Gasteiger partial charge in [0.25, 0.3) is 11.8 Å². The van der Waals surface area contributed by atoms with Crippen LogP contribution in [0.1, 0.15) is 26.3 Å². The predicted molar refractivity (Wildman–Crippen MR) is 84.3 cm³/mol. The lowest BCUT2D eigenvalue weighted by atomic mass is 10.0. The molecule has 0 saturated carbocycles. The van der Waals surface area contributed by atoms with Crippen LogP contribution in [0, 0.1) is 0 Å². The lowest BCUT2D eigenvalue weighted by molar-refractivity contribution is -0.0686. The third-order valence-corrected chi connectivity index (χ3v) is 3.78. The summed E-state index contributed by atoms with van der Waals surface area (Å²) in [6.45, 7) is 1.86. The maximum atomic E-state index is 13.3. The highest BCUT2D eigenvalue weighted by molar-refractivity contribution is 5.83. The summed E-state index contributed by atoms with van der Waals surface area (Å²) in [5, 5.41) is 0.991. The largest absolute Gasteiger partial charge is 0.361 e. The summed E-state index contributed by atoms with van der Waals surface area (Å²) >= 11 is 0. The number of aromatic amines is 1. The molecule has 1 atom stereocenters. The van der Waals surface area contributed by atoms with Crippen molar-refractivity contribution in [1.82, 2.24) is 9.88 Å². The Kier molecular flexibility index (Phi) is 5.04. The van der Waals surface area contributed by atoms with E-state index in [1.54, 1.807) is 6.92 Å². The zero-order chi connectivity index (χ0) is 17.3. The molecule has 2 rings (SSSR count). The maximum Gasteiger partial charge on any atom is 0.257 e. The molecule has 1 unspecified atom stereocenters. The molecule has 0 bridgehead atoms. The fraction of sp³-hybridized carbons (Fsp3) is 0.529. The third kappa shape index (κ3) is 5.23. The molecule has 0 aliphatic heterocycles. The van der Waals surface area contributed by atoms with Crippen molar-refractivity contribution in [3.8, 4) is 0 Å². The van der Waals surface area contributed by atoms with E-state index in [4.69, 9.17) is 0 Å². The highest BCUT2D eigenvalue weighted by atomic mass is 19.3. The second-order valence-electron chi connectivity index (χ2n) is 6.46. The Morgan fingerprint density at radius 3 is 2.17 bits per heavy atom. The van der Waals surface area contributed by atoms with Crippen molar-refractivity contribution in [2.45, 2.75) is 45.1 Å². The first-order chi connectivity index (χ1) is 10.6. The molecule has 1 aromatic heterocycles. The molecule has 1 aromatic carbocycles. The molecular weight excluding hydrogens is 308 g/mol. The van der Waals surface area contributed by atoms with Gasteiger partial charge in [-0.3, -0.25) is 4.90 Å². The van der Waals surface area contributed by atoms with Crippen molar-refractivity contribution in [2.24, 2.45) is 0 Å². The van der Waals surface area contributed by atoms with E-state index < -0.39 is 31.0 Å². The molecule has 0 aliphatic carbocycles. The summed E-state index contributed by atoms with van der Waals surface area (Å²) < 4.78 is 53.4. The van der Waals surface area contributed by atoms with Crippen molar-refractivity contribution < 1.29 is 17.6 Å². The monoisotopic (exact) mass is 330 g/mol. The van der Waals surface area contributed by atoms with Gasteiger partial charge in [-0.1, -0.05) is 18.2 Å². The molecule has 1 N–H and O–H groups in total. The predicted octanol–water partition coefficient (Wildman–Crippen LogP) is 4.71. The molecule has 0 amide bonds. The first kappa shape index (κ1) is 17.8. The van der Waals surface area contributed by atoms with Crippen molar-refractivity contribution in [3.63, 3.8) is 0 Å². The zero-order valence-electron chi connectivity index (χ0n) is 13.5. The van der Waals surface area contributed by atoms with Gasteiger partial charge < -0.3 is 4.98 Å². The Labute approximate surface area is 133 Å². The van der Waals surface area contributed by atoms with Crippen LogP contribution in [0.3, 0.4) is 0 Å². The summed E-state index contributed by atoms with van der Waals surface area (Å²) in [4.78, 5) is 4.28. The smallest absolute Gasteiger partial charge is 0.257 e. The second-order valence-corrected chi connectivity index (χ2v) is 6.46. The maximum absolute atomic E-state index is 13.3. The molecule has 0 radical (unpaired) electrons. The quantitative estimate of drug-likeness (QED) is 0.728. The minimum Gasteiger partial charge on any atom is -0.361 e. The van der Waals surface area contributed by atoms with E-state index in [1.807, 2.05) is 30.5 Å². The normalized spacial score (nSPS) is 14.6. The first-order valence-corrected chi connectivity index (χ1v) is 7.60. The number of halogens is 4. The van der Waals surface area contributed by atoms with E-state index in [-0.39, 0.29) is 0 Å². The van der Waals surface area contributed by atoms with Gasteiger partial charge in [-0.25, -0.2) is 17.6 Å². The van der Waals surface area contributed by atoms with Gasteiger partial charge in [-0.2, -0.15) is 0 Å². The van der Waals surface area contributed by atoms with Crippen LogP contribution in [0.15, 0.2) is 30.5 Å². The van der Waals surface area contributed by atoms with Gasteiger partial charge in [0.15, 0.2) is 0 Å². The number of alkyl halides is 4. The number of nitrogens with one attached hydrogen (secondary N) is 1. The van der Waals surface area contributed by atoms with E-state index in [0.717, 1.165) is 30.3 Å². The fourth-order valence-corrected chi connectivity index (χ4v) is 2.83. The number of rotatable bonds is 7. The molecule has 128 valence electrons. The number of fused-ring (bicyclic) bond motifs is 1. The minimum atomic E-state index is -3.01. The molecule has 2 aromatic rings. The van der Waals surface area contributed by atoms with Crippen LogP contribution in [-0.2, 0) is 6.42 Å². The van der Waals surface area contributed by atoms with Crippen molar-refractivity contribution >= 4 is 10.9 Å². The molecule has 0 spiro atoms. The zero-order valence-corrected chi connectivity index (χ0v) is 13.5. The van der Waals surface area contributed by atoms with Crippen LogP contribution in [-0.4, -0.2) is 40.9 Å². The Morgan fingerprint density at radius 1 is 1.04 bits per heavy atom. The van der Waals surface area contributed by atoms with E-state index in [9.17, 15) is 17.6 Å². The van der Waals surface area contributed by atoms with Crippen LogP contribution in [0.25, 0.3) is 10.9 Å². The van der Waals surface area contributed by atoms with E-state index in [2.05, 4.69) is 4.98 Å². The first-order valence-electron chi connectivity index (χ1n) is 7.60. The lowest BCUT2D eigenvalue weighted by Crippen LogP contribution is -2.46. The van der Waals surface area contributed by atoms with E-state index in [1.165, 1.54) is 4.90 Å². The minimum absolute atomic E-state index is 0.425. The highest BCUT2D eigenvalue weighted by Gasteiger charge is 2.34. The summed E-state index contributed by atoms with van der Waals surface area (Å²) in [7, 11) is 0. The summed E-state index contributed by atoms with van der Waals surface area (Å²) in [6.07, 6.45) is 2.24. The van der Waals surface area contributed by atoms with Crippen molar-refractivity contribution in [1.29, 1.82) is 0 Å². The summed E-state index contributed by atoms with van der Waals surface area (Å²) in [6, 6.07) is 7.21. The molecule has 6 heteroatoms. The van der Waals surface area contributed by atoms with Gasteiger partial charge in [0.05, 0.1) is 13.1 Å². The van der Waals surface area contributed by atoms with Gasteiger partial charge in [0.1, 0.15) is 0 Å². The number of benzene rings is 1. The van der Waals surface area contributed by atoms with Crippen LogP contribution < -0.4 is 0 Å². The summed E-state index contributed by atoms with van der Waals surface area (Å²) in [5.74, 6) is -6.03. The Balaban J connectivity index is 2.17. The van der Waals surface area contributed by atoms with Crippen LogP contribution in [0.5, 0.6) is 0 Å². The Bertz CT molecular complexity index is 624. The van der Waals surface area contributed by atoms with Crippen molar-refractivity contribution in [2.75, 3.05) is 13.1 Å². The molecule has 1 heterocycles. The molecule has 0 saturated heterocycles. The highest BCUT2D eigenvalue weighted by Crippen LogP contribution is 2.24. The topological polar surface area (TPSA) is 19.0 Å². The van der Waals surface area contributed by atoms with Gasteiger partial charge in [-0.05, 0) is 25.0 Å². The van der Waals surface area contributed by atoms with E-state index >= 15 is 0 Å². The van der Waals surface area contributed by atoms with Crippen LogP contribution in [0.4, 0.5) is 17.6 Å². The number of nitrogens with zero attached hydrogens (tertiary/aromatic N) is 1. The number of aromatic nitrogens is 1. The van der Waals surface area contributed by atoms with Gasteiger partial charge in [0, 0.05) is 37.0 Å². The lowest BCUT2D eigenvalue weighted by Gasteiger charge is -2.33. The average molecular weight is 330 g/mol. The number of hydrogen-bond donors (Lipinski definition) is 1. The second kappa shape index (κ2) is 6.51. The Morgan fingerprint density at radius 2 is 1.61 bits per heavy atom.